The number of hydrogen-bond donors (Lipinski definition) is 1. The van der Waals surface area contributed by atoms with Gasteiger partial charge >= 0.3 is 5.97 Å². The lowest BCUT2D eigenvalue weighted by molar-refractivity contribution is 0.0647. The highest BCUT2D eigenvalue weighted by Gasteiger charge is 2.35. The van der Waals surface area contributed by atoms with Gasteiger partial charge in [0.25, 0.3) is 17.4 Å². The van der Waals surface area contributed by atoms with Crippen LogP contribution >= 0.6 is 0 Å². The van der Waals surface area contributed by atoms with E-state index in [9.17, 15) is 28.7 Å². The number of carboxylic acids is 1. The number of amides is 2. The third-order valence-corrected chi connectivity index (χ3v) is 7.23. The van der Waals surface area contributed by atoms with E-state index in [-0.39, 0.29) is 53.7 Å². The summed E-state index contributed by atoms with van der Waals surface area (Å²) in [4.78, 5) is 57.7. The maximum absolute atomic E-state index is 14.7. The Morgan fingerprint density at radius 2 is 1.82 bits per heavy atom. The van der Waals surface area contributed by atoms with Crippen molar-refractivity contribution in [2.45, 2.75) is 31.8 Å². The fourth-order valence-electron chi connectivity index (χ4n) is 5.40. The van der Waals surface area contributed by atoms with Crippen LogP contribution in [0.2, 0.25) is 0 Å². The number of rotatable bonds is 7. The third-order valence-electron chi connectivity index (χ3n) is 7.23. The van der Waals surface area contributed by atoms with Crippen molar-refractivity contribution >= 4 is 29.2 Å². The Hall–Kier alpha value is -4.87. The number of aromatic carboxylic acids is 1. The van der Waals surface area contributed by atoms with Crippen molar-refractivity contribution in [2.24, 2.45) is 0 Å². The number of pyridine rings is 1. The molecular weight excluding hydrogens is 507 g/mol. The molecule has 39 heavy (non-hydrogen) atoms. The molecule has 11 nitrogen and oxygen atoms in total. The quantitative estimate of drug-likeness (QED) is 0.361. The average molecular weight is 531 g/mol. The molecule has 2 aliphatic heterocycles. The summed E-state index contributed by atoms with van der Waals surface area (Å²) in [6, 6.07) is 9.06. The number of benzene rings is 1. The van der Waals surface area contributed by atoms with Gasteiger partial charge in [0, 0.05) is 37.6 Å². The first-order valence-corrected chi connectivity index (χ1v) is 12.5. The van der Waals surface area contributed by atoms with Crippen LogP contribution in [0.5, 0.6) is 0 Å². The molecule has 0 spiro atoms. The summed E-state index contributed by atoms with van der Waals surface area (Å²) in [7, 11) is 0. The molecule has 0 bridgehead atoms. The van der Waals surface area contributed by atoms with E-state index >= 15 is 0 Å². The number of hydrogen-bond acceptors (Lipinski definition) is 7. The molecule has 3 aromatic heterocycles. The standard InChI is InChI=1S/C27H23FN6O5/c28-16-13-19(21-7-3-10-32(21)22-8-12-34-23(30-22)20(14-29-34)27(38)39)24(35)31(15-16)9-4-11-33-25(36)17-5-1-2-6-18(17)26(33)37/h1-2,5-6,8,12-15,21H,3-4,7,9-11H2,(H,38,39). The SMILES string of the molecule is O=C(O)c1cnn2ccc(N3CCCC3c3cc(F)cn(CCCN4C(=O)c5ccccc5C4=O)c3=O)nc12. The number of imide groups is 1. The monoisotopic (exact) mass is 530 g/mol. The van der Waals surface area contributed by atoms with Gasteiger partial charge in [0.2, 0.25) is 0 Å². The van der Waals surface area contributed by atoms with E-state index in [4.69, 9.17) is 0 Å². The molecule has 0 saturated carbocycles. The molecule has 1 atom stereocenters. The van der Waals surface area contributed by atoms with Crippen molar-refractivity contribution in [3.63, 3.8) is 0 Å². The normalized spacial score (nSPS) is 16.9. The van der Waals surface area contributed by atoms with Crippen molar-refractivity contribution in [1.82, 2.24) is 24.1 Å². The van der Waals surface area contributed by atoms with Crippen LogP contribution in [0.1, 0.15) is 61.9 Å². The number of carbonyl (C=O) groups is 3. The number of aromatic nitrogens is 4. The van der Waals surface area contributed by atoms with Gasteiger partial charge in [0.1, 0.15) is 17.2 Å². The number of carboxylic acid groups (broad SMARTS) is 1. The van der Waals surface area contributed by atoms with E-state index in [1.165, 1.54) is 21.3 Å². The fraction of sp³-hybridized carbons (Fsp3) is 0.259. The second kappa shape index (κ2) is 9.46. The molecule has 2 amide bonds. The molecule has 4 aromatic rings. The average Bonchev–Trinajstić information content (AvgIpc) is 3.64. The Morgan fingerprint density at radius 1 is 1.08 bits per heavy atom. The number of carbonyl (C=O) groups excluding carboxylic acids is 2. The smallest absolute Gasteiger partial charge is 0.341 e. The van der Waals surface area contributed by atoms with Crippen molar-refractivity contribution < 1.29 is 23.9 Å². The molecule has 1 N–H and O–H groups in total. The second-order valence-electron chi connectivity index (χ2n) is 9.54. The van der Waals surface area contributed by atoms with E-state index in [2.05, 4.69) is 10.1 Å². The van der Waals surface area contributed by atoms with Gasteiger partial charge < -0.3 is 14.6 Å². The predicted octanol–water partition coefficient (Wildman–Crippen LogP) is 2.76. The Morgan fingerprint density at radius 3 is 2.54 bits per heavy atom. The molecular formula is C27H23FN6O5. The van der Waals surface area contributed by atoms with E-state index in [0.29, 0.717) is 29.9 Å². The number of halogens is 1. The summed E-state index contributed by atoms with van der Waals surface area (Å²) in [6.07, 6.45) is 5.55. The van der Waals surface area contributed by atoms with Gasteiger partial charge in [-0.05, 0) is 43.5 Å². The summed E-state index contributed by atoms with van der Waals surface area (Å²) >= 11 is 0. The predicted molar refractivity (Wildman–Crippen MR) is 136 cm³/mol. The molecule has 5 heterocycles. The molecule has 0 aliphatic carbocycles. The van der Waals surface area contributed by atoms with Gasteiger partial charge in [0.05, 0.1) is 23.4 Å². The van der Waals surface area contributed by atoms with Crippen LogP contribution in [-0.2, 0) is 6.54 Å². The summed E-state index contributed by atoms with van der Waals surface area (Å²) in [5.41, 5.74) is 0.739. The topological polar surface area (TPSA) is 130 Å². The van der Waals surface area contributed by atoms with Crippen molar-refractivity contribution in [3.05, 3.63) is 93.4 Å². The van der Waals surface area contributed by atoms with Gasteiger partial charge in [-0.15, -0.1) is 0 Å². The Bertz CT molecular complexity index is 1680. The Balaban J connectivity index is 1.23. The molecule has 1 unspecified atom stereocenters. The molecule has 1 fully saturated rings. The zero-order valence-corrected chi connectivity index (χ0v) is 20.7. The lowest BCUT2D eigenvalue weighted by Crippen LogP contribution is -2.34. The summed E-state index contributed by atoms with van der Waals surface area (Å²) in [6.45, 7) is 0.771. The largest absolute Gasteiger partial charge is 0.477 e. The zero-order chi connectivity index (χ0) is 27.3. The number of fused-ring (bicyclic) bond motifs is 2. The van der Waals surface area contributed by atoms with E-state index < -0.39 is 17.8 Å². The minimum absolute atomic E-state index is 0.0428. The first kappa shape index (κ1) is 24.5. The lowest BCUT2D eigenvalue weighted by Gasteiger charge is -2.26. The highest BCUT2D eigenvalue weighted by atomic mass is 19.1. The fourth-order valence-corrected chi connectivity index (χ4v) is 5.40. The number of nitrogens with zero attached hydrogens (tertiary/aromatic N) is 6. The van der Waals surface area contributed by atoms with E-state index in [1.54, 1.807) is 36.5 Å². The van der Waals surface area contributed by atoms with Crippen LogP contribution in [0.15, 0.2) is 59.8 Å². The lowest BCUT2D eigenvalue weighted by atomic mass is 10.1. The second-order valence-corrected chi connectivity index (χ2v) is 9.54. The van der Waals surface area contributed by atoms with E-state index in [0.717, 1.165) is 17.5 Å². The van der Waals surface area contributed by atoms with Gasteiger partial charge in [-0.2, -0.15) is 5.10 Å². The molecule has 1 aromatic carbocycles. The first-order valence-electron chi connectivity index (χ1n) is 12.5. The third kappa shape index (κ3) is 4.13. The highest BCUT2D eigenvalue weighted by molar-refractivity contribution is 6.21. The molecule has 0 radical (unpaired) electrons. The number of anilines is 1. The molecule has 1 saturated heterocycles. The van der Waals surface area contributed by atoms with Crippen molar-refractivity contribution in [2.75, 3.05) is 18.0 Å². The zero-order valence-electron chi connectivity index (χ0n) is 20.7. The van der Waals surface area contributed by atoms with Crippen LogP contribution in [0, 0.1) is 5.82 Å². The Labute approximate surface area is 220 Å². The maximum atomic E-state index is 14.7. The van der Waals surface area contributed by atoms with Crippen molar-refractivity contribution in [1.29, 1.82) is 0 Å². The summed E-state index contributed by atoms with van der Waals surface area (Å²) in [5.74, 6) is -2.02. The Kier molecular flexibility index (Phi) is 5.93. The molecule has 2 aliphatic rings. The van der Waals surface area contributed by atoms with Gasteiger partial charge in [0.15, 0.2) is 5.65 Å². The maximum Gasteiger partial charge on any atom is 0.341 e. The van der Waals surface area contributed by atoms with E-state index in [1.807, 2.05) is 4.90 Å². The molecule has 6 rings (SSSR count). The van der Waals surface area contributed by atoms with Crippen molar-refractivity contribution in [3.8, 4) is 0 Å². The van der Waals surface area contributed by atoms with Crippen LogP contribution in [0.25, 0.3) is 5.65 Å². The van der Waals surface area contributed by atoms with Crippen LogP contribution < -0.4 is 10.5 Å². The van der Waals surface area contributed by atoms with Crippen LogP contribution in [-0.4, -0.2) is 60.0 Å². The molecule has 12 heteroatoms. The summed E-state index contributed by atoms with van der Waals surface area (Å²) in [5, 5.41) is 13.4. The number of aryl methyl sites for hydroxylation is 1. The summed E-state index contributed by atoms with van der Waals surface area (Å²) < 4.78 is 17.4. The van der Waals surface area contributed by atoms with Crippen LogP contribution in [0.4, 0.5) is 10.2 Å². The minimum Gasteiger partial charge on any atom is -0.477 e. The minimum atomic E-state index is -1.15. The first-order chi connectivity index (χ1) is 18.8. The highest BCUT2D eigenvalue weighted by Crippen LogP contribution is 2.34. The molecule has 198 valence electrons. The van der Waals surface area contributed by atoms with Gasteiger partial charge in [-0.25, -0.2) is 18.7 Å². The van der Waals surface area contributed by atoms with Gasteiger partial charge in [-0.3, -0.25) is 19.3 Å². The van der Waals surface area contributed by atoms with Gasteiger partial charge in [-0.1, -0.05) is 12.1 Å². The van der Waals surface area contributed by atoms with Crippen LogP contribution in [0.3, 0.4) is 0 Å².